The third-order valence-electron chi connectivity index (χ3n) is 6.90. The number of fused-ring (bicyclic) bond motifs is 2. The number of nitrogens with zero attached hydrogens (tertiary/aromatic N) is 2. The number of benzene rings is 4. The van der Waals surface area contributed by atoms with Crippen molar-refractivity contribution in [1.29, 1.82) is 0 Å². The molecule has 1 aromatic heterocycles. The molecule has 1 unspecified atom stereocenters. The molecule has 4 aromatic carbocycles. The van der Waals surface area contributed by atoms with E-state index in [1.165, 1.54) is 18.2 Å². The Morgan fingerprint density at radius 2 is 1.82 bits per heavy atom. The lowest BCUT2D eigenvalue weighted by Gasteiger charge is -2.27. The minimum atomic E-state index is -0.811. The number of phenolic OH excluding ortho intramolecular Hbond substituents is 1. The van der Waals surface area contributed by atoms with Gasteiger partial charge in [0, 0.05) is 36.4 Å². The molecule has 1 amide bonds. The molecule has 7 nitrogen and oxygen atoms in total. The molecule has 1 aliphatic heterocycles. The number of imidazole rings is 1. The van der Waals surface area contributed by atoms with Crippen molar-refractivity contribution < 1.29 is 14.3 Å². The molecule has 2 heterocycles. The molecule has 0 radical (unpaired) electrons. The normalized spacial score (nSPS) is 13.6. The van der Waals surface area contributed by atoms with Gasteiger partial charge in [0.05, 0.1) is 11.0 Å². The fourth-order valence-electron chi connectivity index (χ4n) is 5.02. The van der Waals surface area contributed by atoms with Crippen LogP contribution in [-0.2, 0) is 6.54 Å². The van der Waals surface area contributed by atoms with Crippen molar-refractivity contribution in [2.24, 2.45) is 5.73 Å². The molecule has 0 saturated heterocycles. The Hall–Kier alpha value is -4.69. The largest absolute Gasteiger partial charge is 0.508 e. The summed E-state index contributed by atoms with van der Waals surface area (Å²) < 4.78 is 14.4. The first-order chi connectivity index (χ1) is 18.5. The summed E-state index contributed by atoms with van der Waals surface area (Å²) in [5.41, 5.74) is 11.7. The SMILES string of the molecule is NCCNc1ccc(-c2ccc3c(c2)C(=O)N(C(c2nc4ccccc4[nH]2)c2cc(F)ccc2O)C3)cc1. The number of amides is 1. The highest BCUT2D eigenvalue weighted by atomic mass is 19.1. The molecule has 6 rings (SSSR count). The Bertz CT molecular complexity index is 1610. The first-order valence-corrected chi connectivity index (χ1v) is 12.4. The fourth-order valence-corrected chi connectivity index (χ4v) is 5.02. The Kier molecular flexibility index (Phi) is 6.01. The van der Waals surface area contributed by atoms with Gasteiger partial charge >= 0.3 is 0 Å². The number of anilines is 1. The average molecular weight is 508 g/mol. The predicted octanol–water partition coefficient (Wildman–Crippen LogP) is 5.19. The zero-order valence-corrected chi connectivity index (χ0v) is 20.5. The van der Waals surface area contributed by atoms with E-state index in [-0.39, 0.29) is 17.2 Å². The van der Waals surface area contributed by atoms with Crippen LogP contribution in [0.15, 0.2) is 84.9 Å². The van der Waals surface area contributed by atoms with Gasteiger partial charge in [-0.1, -0.05) is 36.4 Å². The minimum Gasteiger partial charge on any atom is -0.508 e. The molecule has 8 heteroatoms. The highest BCUT2D eigenvalue weighted by Crippen LogP contribution is 2.40. The van der Waals surface area contributed by atoms with Crippen LogP contribution in [0, 0.1) is 5.82 Å². The summed E-state index contributed by atoms with van der Waals surface area (Å²) >= 11 is 0. The number of halogens is 1. The van der Waals surface area contributed by atoms with Crippen molar-refractivity contribution in [3.8, 4) is 16.9 Å². The van der Waals surface area contributed by atoms with E-state index in [4.69, 9.17) is 10.7 Å². The van der Waals surface area contributed by atoms with Gasteiger partial charge in [0.25, 0.3) is 5.91 Å². The highest BCUT2D eigenvalue weighted by Gasteiger charge is 2.37. The second-order valence-corrected chi connectivity index (χ2v) is 9.34. The maximum atomic E-state index is 14.4. The summed E-state index contributed by atoms with van der Waals surface area (Å²) in [7, 11) is 0. The summed E-state index contributed by atoms with van der Waals surface area (Å²) in [5, 5.41) is 14.0. The van der Waals surface area contributed by atoms with Crippen molar-refractivity contribution in [2.45, 2.75) is 12.6 Å². The van der Waals surface area contributed by atoms with E-state index < -0.39 is 11.9 Å². The predicted molar refractivity (Wildman–Crippen MR) is 145 cm³/mol. The number of para-hydroxylation sites is 2. The first kappa shape index (κ1) is 23.7. The van der Waals surface area contributed by atoms with Crippen molar-refractivity contribution >= 4 is 22.6 Å². The number of carbonyl (C=O) groups excluding carboxylic acids is 1. The lowest BCUT2D eigenvalue weighted by molar-refractivity contribution is 0.0723. The second kappa shape index (κ2) is 9.64. The van der Waals surface area contributed by atoms with Gasteiger partial charge in [-0.25, -0.2) is 9.37 Å². The number of nitrogens with two attached hydrogens (primary N) is 1. The molecule has 1 atom stereocenters. The smallest absolute Gasteiger partial charge is 0.255 e. The number of aromatic amines is 1. The van der Waals surface area contributed by atoms with Crippen LogP contribution in [-0.4, -0.2) is 39.0 Å². The van der Waals surface area contributed by atoms with Crippen LogP contribution < -0.4 is 11.1 Å². The zero-order chi connectivity index (χ0) is 26.2. The molecule has 0 bridgehead atoms. The zero-order valence-electron chi connectivity index (χ0n) is 20.5. The molecule has 1 aliphatic rings. The van der Waals surface area contributed by atoms with Gasteiger partial charge in [0.2, 0.25) is 0 Å². The molecule has 38 heavy (non-hydrogen) atoms. The number of H-pyrrole nitrogens is 1. The summed E-state index contributed by atoms with van der Waals surface area (Å²) in [6.07, 6.45) is 0. The molecular weight excluding hydrogens is 481 g/mol. The van der Waals surface area contributed by atoms with Gasteiger partial charge in [-0.3, -0.25) is 4.79 Å². The number of nitrogens with one attached hydrogen (secondary N) is 2. The summed E-state index contributed by atoms with van der Waals surface area (Å²) in [6.45, 7) is 1.54. The number of hydrogen-bond acceptors (Lipinski definition) is 5. The Morgan fingerprint density at radius 3 is 2.61 bits per heavy atom. The average Bonchev–Trinajstić information content (AvgIpc) is 3.51. The molecule has 190 valence electrons. The van der Waals surface area contributed by atoms with Gasteiger partial charge in [0.15, 0.2) is 0 Å². The van der Waals surface area contributed by atoms with Crippen LogP contribution in [0.2, 0.25) is 0 Å². The standard InChI is InChI=1S/C30H26FN5O2/c31-21-9-12-27(37)24(16-21)28(29-34-25-3-1-2-4-26(25)35-29)36-17-20-6-5-19(15-23(20)30(36)38)18-7-10-22(11-8-18)33-14-13-32/h1-12,15-16,28,33,37H,13-14,17,32H2,(H,34,35). The molecule has 0 aliphatic carbocycles. The number of rotatable bonds is 7. The van der Waals surface area contributed by atoms with Crippen LogP contribution in [0.4, 0.5) is 10.1 Å². The first-order valence-electron chi connectivity index (χ1n) is 12.4. The third-order valence-corrected chi connectivity index (χ3v) is 6.90. The van der Waals surface area contributed by atoms with E-state index in [0.29, 0.717) is 31.0 Å². The van der Waals surface area contributed by atoms with Gasteiger partial charge < -0.3 is 26.0 Å². The van der Waals surface area contributed by atoms with E-state index in [2.05, 4.69) is 10.3 Å². The molecular formula is C30H26FN5O2. The lowest BCUT2D eigenvalue weighted by Crippen LogP contribution is -2.31. The Labute approximate surface area is 218 Å². The van der Waals surface area contributed by atoms with Crippen LogP contribution in [0.3, 0.4) is 0 Å². The van der Waals surface area contributed by atoms with E-state index >= 15 is 0 Å². The summed E-state index contributed by atoms with van der Waals surface area (Å²) in [5.74, 6) is -0.370. The third kappa shape index (κ3) is 4.25. The van der Waals surface area contributed by atoms with Crippen molar-refractivity contribution in [2.75, 3.05) is 18.4 Å². The van der Waals surface area contributed by atoms with E-state index in [9.17, 15) is 14.3 Å². The minimum absolute atomic E-state index is 0.107. The van der Waals surface area contributed by atoms with Crippen molar-refractivity contribution in [3.63, 3.8) is 0 Å². The molecule has 0 fully saturated rings. The van der Waals surface area contributed by atoms with Gasteiger partial charge in [-0.15, -0.1) is 0 Å². The molecule has 0 spiro atoms. The number of phenols is 1. The molecule has 5 N–H and O–H groups in total. The van der Waals surface area contributed by atoms with Gasteiger partial charge in [-0.2, -0.15) is 0 Å². The van der Waals surface area contributed by atoms with E-state index in [0.717, 1.165) is 33.4 Å². The van der Waals surface area contributed by atoms with Crippen molar-refractivity contribution in [1.82, 2.24) is 14.9 Å². The molecule has 0 saturated carbocycles. The summed E-state index contributed by atoms with van der Waals surface area (Å²) in [4.78, 5) is 23.4. The molecule has 5 aromatic rings. The Balaban J connectivity index is 1.38. The maximum Gasteiger partial charge on any atom is 0.255 e. The van der Waals surface area contributed by atoms with Crippen LogP contribution >= 0.6 is 0 Å². The van der Waals surface area contributed by atoms with Crippen LogP contribution in [0.5, 0.6) is 5.75 Å². The lowest BCUT2D eigenvalue weighted by atomic mass is 10.00. The maximum absolute atomic E-state index is 14.4. The van der Waals surface area contributed by atoms with E-state index in [1.54, 1.807) is 4.90 Å². The summed E-state index contributed by atoms with van der Waals surface area (Å²) in [6, 6.07) is 24.3. The number of aromatic hydroxyl groups is 1. The number of hydrogen-bond donors (Lipinski definition) is 4. The monoisotopic (exact) mass is 507 g/mol. The highest BCUT2D eigenvalue weighted by molar-refractivity contribution is 6.00. The fraction of sp³-hybridized carbons (Fsp3) is 0.133. The quantitative estimate of drug-likeness (QED) is 0.243. The second-order valence-electron chi connectivity index (χ2n) is 9.34. The van der Waals surface area contributed by atoms with Crippen LogP contribution in [0.25, 0.3) is 22.2 Å². The number of aromatic nitrogens is 2. The number of carbonyl (C=O) groups is 1. The van der Waals surface area contributed by atoms with Gasteiger partial charge in [0.1, 0.15) is 23.4 Å². The van der Waals surface area contributed by atoms with E-state index in [1.807, 2.05) is 66.7 Å². The Morgan fingerprint density at radius 1 is 1.03 bits per heavy atom. The van der Waals surface area contributed by atoms with Gasteiger partial charge in [-0.05, 0) is 65.2 Å². The topological polar surface area (TPSA) is 107 Å². The van der Waals surface area contributed by atoms with Crippen LogP contribution in [0.1, 0.15) is 33.4 Å². The van der Waals surface area contributed by atoms with Crippen molar-refractivity contribution in [3.05, 3.63) is 113 Å².